The molecule has 0 unspecified atom stereocenters. The number of nitrogens with two attached hydrogens (primary N) is 1. The van der Waals surface area contributed by atoms with Crippen molar-refractivity contribution in [1.82, 2.24) is 14.5 Å². The molecule has 0 bridgehead atoms. The topological polar surface area (TPSA) is 98.3 Å². The minimum atomic E-state index is -3.26. The number of nitrogens with zero attached hydrogens (tertiary/aromatic N) is 3. The number of rotatable bonds is 7. The fraction of sp³-hybridized carbons (Fsp3) is 0.529. The number of benzene rings is 1. The van der Waals surface area contributed by atoms with Gasteiger partial charge in [-0.05, 0) is 24.1 Å². The van der Waals surface area contributed by atoms with Gasteiger partial charge in [0.05, 0.1) is 11.0 Å². The van der Waals surface area contributed by atoms with Gasteiger partial charge in [-0.3, -0.25) is 4.79 Å². The molecular formula is C17H26N4O3S. The summed E-state index contributed by atoms with van der Waals surface area (Å²) in [5.41, 5.74) is 6.99. The van der Waals surface area contributed by atoms with Crippen LogP contribution < -0.4 is 5.73 Å². The predicted octanol–water partition coefficient (Wildman–Crippen LogP) is 1.02. The van der Waals surface area contributed by atoms with Crippen LogP contribution in [0.15, 0.2) is 24.3 Å². The van der Waals surface area contributed by atoms with E-state index in [4.69, 9.17) is 5.73 Å². The van der Waals surface area contributed by atoms with E-state index in [9.17, 15) is 13.2 Å². The largest absolute Gasteiger partial charge is 0.344 e. The number of para-hydroxylation sites is 2. The van der Waals surface area contributed by atoms with E-state index in [2.05, 4.69) is 4.98 Å². The minimum absolute atomic E-state index is 0.0442. The minimum Gasteiger partial charge on any atom is -0.344 e. The lowest BCUT2D eigenvalue weighted by atomic mass is 9.93. The summed E-state index contributed by atoms with van der Waals surface area (Å²) in [7, 11) is -1.53. The molecule has 0 aliphatic carbocycles. The van der Waals surface area contributed by atoms with E-state index < -0.39 is 9.84 Å². The molecule has 0 saturated carbocycles. The van der Waals surface area contributed by atoms with Gasteiger partial charge in [-0.1, -0.05) is 26.0 Å². The molecule has 0 aliphatic heterocycles. The van der Waals surface area contributed by atoms with Crippen LogP contribution in [0.5, 0.6) is 0 Å². The molecule has 8 heteroatoms. The van der Waals surface area contributed by atoms with Crippen LogP contribution in [-0.2, 0) is 26.9 Å². The molecule has 7 nitrogen and oxygen atoms in total. The van der Waals surface area contributed by atoms with Crippen LogP contribution in [0.25, 0.3) is 11.0 Å². The van der Waals surface area contributed by atoms with E-state index >= 15 is 0 Å². The molecule has 25 heavy (non-hydrogen) atoms. The van der Waals surface area contributed by atoms with E-state index in [1.807, 2.05) is 38.1 Å². The maximum absolute atomic E-state index is 12.7. The van der Waals surface area contributed by atoms with Gasteiger partial charge in [-0.15, -0.1) is 0 Å². The summed E-state index contributed by atoms with van der Waals surface area (Å²) in [4.78, 5) is 18.7. The summed E-state index contributed by atoms with van der Waals surface area (Å²) in [5, 5.41) is 0. The number of hydrogen-bond donors (Lipinski definition) is 1. The number of amides is 1. The summed E-state index contributed by atoms with van der Waals surface area (Å²) in [6.07, 6.45) is 1.16. The highest BCUT2D eigenvalue weighted by Gasteiger charge is 2.23. The Morgan fingerprint density at radius 1 is 1.32 bits per heavy atom. The van der Waals surface area contributed by atoms with Crippen molar-refractivity contribution in [2.24, 2.45) is 11.1 Å². The van der Waals surface area contributed by atoms with Crippen molar-refractivity contribution < 1.29 is 13.2 Å². The Bertz CT molecular complexity index is 871. The zero-order valence-electron chi connectivity index (χ0n) is 15.2. The normalized spacial score (nSPS) is 12.5. The lowest BCUT2D eigenvalue weighted by molar-refractivity contribution is -0.131. The smallest absolute Gasteiger partial charge is 0.242 e. The average molecular weight is 366 g/mol. The number of aromatic nitrogens is 2. The fourth-order valence-corrected chi connectivity index (χ4v) is 3.39. The second kappa shape index (κ2) is 7.13. The maximum atomic E-state index is 12.7. The molecule has 0 radical (unpaired) electrons. The average Bonchev–Trinajstić information content (AvgIpc) is 2.82. The molecule has 1 aromatic carbocycles. The molecular weight excluding hydrogens is 340 g/mol. The number of likely N-dealkylation sites (N-methyl/N-ethyl adjacent to an activating group) is 1. The Labute approximate surface area is 148 Å². The Balaban J connectivity index is 2.33. The third-order valence-electron chi connectivity index (χ3n) is 4.06. The number of carbonyl (C=O) groups is 1. The van der Waals surface area contributed by atoms with Crippen molar-refractivity contribution >= 4 is 26.8 Å². The number of sulfone groups is 1. The Morgan fingerprint density at radius 2 is 1.96 bits per heavy atom. The summed E-state index contributed by atoms with van der Waals surface area (Å²) < 4.78 is 25.1. The molecule has 1 heterocycles. The Kier molecular flexibility index (Phi) is 5.53. The van der Waals surface area contributed by atoms with Gasteiger partial charge in [0.15, 0.2) is 9.84 Å². The molecule has 138 valence electrons. The lowest BCUT2D eigenvalue weighted by Gasteiger charge is -2.29. The molecule has 2 rings (SSSR count). The number of carbonyl (C=O) groups excluding carboxylic acids is 1. The lowest BCUT2D eigenvalue weighted by Crippen LogP contribution is -2.41. The number of imidazole rings is 1. The van der Waals surface area contributed by atoms with Crippen LogP contribution >= 0.6 is 0 Å². The van der Waals surface area contributed by atoms with Crippen LogP contribution in [-0.4, -0.2) is 55.2 Å². The SMILES string of the molecule is CN(CC(C)(C)CN)C(=O)Cn1c(CS(C)(=O)=O)nc2ccccc21. The van der Waals surface area contributed by atoms with Gasteiger partial charge in [0.2, 0.25) is 5.91 Å². The zero-order chi connectivity index (χ0) is 18.8. The van der Waals surface area contributed by atoms with Crippen LogP contribution in [0.4, 0.5) is 0 Å². The van der Waals surface area contributed by atoms with Crippen LogP contribution in [0.3, 0.4) is 0 Å². The monoisotopic (exact) mass is 366 g/mol. The zero-order valence-corrected chi connectivity index (χ0v) is 16.0. The first-order chi connectivity index (χ1) is 11.5. The molecule has 0 saturated heterocycles. The van der Waals surface area contributed by atoms with E-state index in [1.165, 1.54) is 0 Å². The first kappa shape index (κ1) is 19.4. The fourth-order valence-electron chi connectivity index (χ4n) is 2.70. The Morgan fingerprint density at radius 3 is 2.56 bits per heavy atom. The summed E-state index contributed by atoms with van der Waals surface area (Å²) in [6, 6.07) is 7.33. The standard InChI is InChI=1S/C17H26N4O3S/c1-17(2,11-18)12-20(3)16(22)9-21-14-8-6-5-7-13(14)19-15(21)10-25(4,23)24/h5-8H,9-12,18H2,1-4H3. The van der Waals surface area contributed by atoms with Crippen molar-refractivity contribution in [3.05, 3.63) is 30.1 Å². The molecule has 2 aromatic rings. The summed E-state index contributed by atoms with van der Waals surface area (Å²) >= 11 is 0. The van der Waals surface area contributed by atoms with Crippen molar-refractivity contribution in [3.63, 3.8) is 0 Å². The van der Waals surface area contributed by atoms with Crippen LogP contribution in [0, 0.1) is 5.41 Å². The first-order valence-electron chi connectivity index (χ1n) is 8.08. The van der Waals surface area contributed by atoms with E-state index in [-0.39, 0.29) is 23.6 Å². The highest BCUT2D eigenvalue weighted by Crippen LogP contribution is 2.19. The second-order valence-electron chi connectivity index (χ2n) is 7.29. The predicted molar refractivity (Wildman–Crippen MR) is 98.8 cm³/mol. The van der Waals surface area contributed by atoms with Gasteiger partial charge in [0, 0.05) is 19.8 Å². The molecule has 0 aliphatic rings. The quantitative estimate of drug-likeness (QED) is 0.789. The van der Waals surface area contributed by atoms with Gasteiger partial charge >= 0.3 is 0 Å². The van der Waals surface area contributed by atoms with Crippen molar-refractivity contribution in [2.75, 3.05) is 26.4 Å². The van der Waals surface area contributed by atoms with Crippen molar-refractivity contribution in [1.29, 1.82) is 0 Å². The third-order valence-corrected chi connectivity index (χ3v) is 4.84. The van der Waals surface area contributed by atoms with Crippen LogP contribution in [0.2, 0.25) is 0 Å². The van der Waals surface area contributed by atoms with Gasteiger partial charge in [-0.2, -0.15) is 0 Å². The summed E-state index contributed by atoms with van der Waals surface area (Å²) in [6.45, 7) is 5.04. The molecule has 1 aromatic heterocycles. The first-order valence-corrected chi connectivity index (χ1v) is 10.1. The van der Waals surface area contributed by atoms with Gasteiger partial charge in [-0.25, -0.2) is 13.4 Å². The molecule has 2 N–H and O–H groups in total. The highest BCUT2D eigenvalue weighted by molar-refractivity contribution is 7.89. The molecule has 0 fully saturated rings. The number of hydrogen-bond acceptors (Lipinski definition) is 5. The molecule has 0 atom stereocenters. The Hall–Kier alpha value is -1.93. The number of fused-ring (bicyclic) bond motifs is 1. The van der Waals surface area contributed by atoms with Crippen LogP contribution in [0.1, 0.15) is 19.7 Å². The second-order valence-corrected chi connectivity index (χ2v) is 9.43. The molecule has 0 spiro atoms. The van der Waals surface area contributed by atoms with E-state index in [0.717, 1.165) is 11.8 Å². The van der Waals surface area contributed by atoms with E-state index in [1.54, 1.807) is 16.5 Å². The highest BCUT2D eigenvalue weighted by atomic mass is 32.2. The molecule has 1 amide bonds. The van der Waals surface area contributed by atoms with E-state index in [0.29, 0.717) is 24.4 Å². The van der Waals surface area contributed by atoms with Gasteiger partial charge in [0.25, 0.3) is 0 Å². The van der Waals surface area contributed by atoms with Gasteiger partial charge < -0.3 is 15.2 Å². The van der Waals surface area contributed by atoms with Crippen molar-refractivity contribution in [3.8, 4) is 0 Å². The van der Waals surface area contributed by atoms with Gasteiger partial charge in [0.1, 0.15) is 18.1 Å². The van der Waals surface area contributed by atoms with Crippen molar-refractivity contribution in [2.45, 2.75) is 26.1 Å². The third kappa shape index (κ3) is 5.02. The maximum Gasteiger partial charge on any atom is 0.242 e. The summed E-state index contributed by atoms with van der Waals surface area (Å²) in [5.74, 6) is 0.0652.